The lowest BCUT2D eigenvalue weighted by Gasteiger charge is -2.37. The van der Waals surface area contributed by atoms with Crippen molar-refractivity contribution < 1.29 is 14.5 Å². The summed E-state index contributed by atoms with van der Waals surface area (Å²) >= 11 is 0. The van der Waals surface area contributed by atoms with Gasteiger partial charge in [0.25, 0.3) is 5.69 Å². The van der Waals surface area contributed by atoms with Gasteiger partial charge in [0, 0.05) is 40.9 Å². The number of nitrogens with zero attached hydrogens (tertiary/aromatic N) is 2. The second-order valence-corrected chi connectivity index (χ2v) is 10.4. The van der Waals surface area contributed by atoms with Crippen LogP contribution in [0.3, 0.4) is 0 Å². The molecule has 3 heterocycles. The average Bonchev–Trinajstić information content (AvgIpc) is 3.61. The summed E-state index contributed by atoms with van der Waals surface area (Å²) in [6.07, 6.45) is 1.70. The van der Waals surface area contributed by atoms with Gasteiger partial charge in [-0.3, -0.25) is 24.6 Å². The summed E-state index contributed by atoms with van der Waals surface area (Å²) in [5.41, 5.74) is 1.62. The van der Waals surface area contributed by atoms with E-state index in [1.54, 1.807) is 12.1 Å². The van der Waals surface area contributed by atoms with Gasteiger partial charge in [0.15, 0.2) is 5.78 Å². The van der Waals surface area contributed by atoms with Crippen LogP contribution in [-0.4, -0.2) is 34.1 Å². The Bertz CT molecular complexity index is 1640. The molecule has 3 aliphatic heterocycles. The molecule has 3 aliphatic rings. The largest absolute Gasteiger partial charge is 0.324 e. The van der Waals surface area contributed by atoms with Gasteiger partial charge in [-0.1, -0.05) is 72.8 Å². The van der Waals surface area contributed by atoms with Crippen LogP contribution in [0.1, 0.15) is 40.2 Å². The first-order valence-electron chi connectivity index (χ1n) is 13.0. The van der Waals surface area contributed by atoms with Crippen molar-refractivity contribution in [3.8, 4) is 0 Å². The maximum Gasteiger partial charge on any atom is 0.269 e. The van der Waals surface area contributed by atoms with E-state index in [2.05, 4.69) is 10.2 Å². The zero-order chi connectivity index (χ0) is 26.0. The molecule has 1 N–H and O–H groups in total. The first kappa shape index (κ1) is 22.8. The molecule has 7 rings (SSSR count). The molecule has 0 bridgehead atoms. The number of para-hydroxylation sites is 1. The van der Waals surface area contributed by atoms with Crippen LogP contribution in [0, 0.1) is 16.0 Å². The van der Waals surface area contributed by atoms with Crippen molar-refractivity contribution in [1.82, 2.24) is 4.90 Å². The van der Waals surface area contributed by atoms with Gasteiger partial charge >= 0.3 is 0 Å². The number of anilines is 1. The molecule has 1 amide bonds. The predicted octanol–water partition coefficient (Wildman–Crippen LogP) is 5.66. The molecule has 0 radical (unpaired) electrons. The van der Waals surface area contributed by atoms with Gasteiger partial charge < -0.3 is 5.32 Å². The highest BCUT2D eigenvalue weighted by atomic mass is 16.6. The monoisotopic (exact) mass is 503 g/mol. The number of nitrogens with one attached hydrogen (secondary N) is 1. The Kier molecular flexibility index (Phi) is 5.00. The standard InChI is InChI=1S/C31H25N3O4/c35-29(23-13-6-9-19-8-1-2-12-22(19)23)28-27(20-10-5-11-21(18-20)34(37)38)26-16-7-17-33(26)31(28)24-14-3-4-15-25(24)32-30(31)36/h1-6,8-15,18,26-28H,7,16-17H2,(H,32,36)/t26?,27?,28?,31-/m1/s1. The Morgan fingerprint density at radius 3 is 2.61 bits per heavy atom. The molecule has 2 fully saturated rings. The zero-order valence-corrected chi connectivity index (χ0v) is 20.5. The third-order valence-corrected chi connectivity index (χ3v) is 8.71. The summed E-state index contributed by atoms with van der Waals surface area (Å²) in [6.45, 7) is 0.678. The van der Waals surface area contributed by atoms with Crippen molar-refractivity contribution in [3.63, 3.8) is 0 Å². The first-order valence-corrected chi connectivity index (χ1v) is 13.0. The van der Waals surface area contributed by atoms with E-state index in [0.29, 0.717) is 12.1 Å². The molecule has 1 spiro atoms. The number of Topliss-reactive ketones (excluding diaryl/α,β-unsaturated/α-hetero) is 1. The molecular weight excluding hydrogens is 478 g/mol. The quantitative estimate of drug-likeness (QED) is 0.221. The van der Waals surface area contributed by atoms with E-state index in [0.717, 1.165) is 40.4 Å². The highest BCUT2D eigenvalue weighted by Crippen LogP contribution is 2.61. The Balaban J connectivity index is 1.51. The number of hydrogen-bond acceptors (Lipinski definition) is 5. The second kappa shape index (κ2) is 8.33. The normalized spacial score (nSPS) is 25.9. The highest BCUT2D eigenvalue weighted by Gasteiger charge is 2.69. The van der Waals surface area contributed by atoms with E-state index in [1.165, 1.54) is 6.07 Å². The highest BCUT2D eigenvalue weighted by molar-refractivity contribution is 6.16. The average molecular weight is 504 g/mol. The van der Waals surface area contributed by atoms with Crippen molar-refractivity contribution in [3.05, 3.63) is 118 Å². The van der Waals surface area contributed by atoms with Crippen LogP contribution in [0.2, 0.25) is 0 Å². The van der Waals surface area contributed by atoms with Crippen LogP contribution >= 0.6 is 0 Å². The SMILES string of the molecule is O=C(c1cccc2ccccc12)C1C(c2cccc([N+](=O)[O-])c2)C2CCCN2[C@@]12C(=O)Nc1ccccc12. The van der Waals surface area contributed by atoms with Crippen LogP contribution < -0.4 is 5.32 Å². The lowest BCUT2D eigenvalue weighted by atomic mass is 9.68. The fourth-order valence-electron chi connectivity index (χ4n) is 7.34. The number of hydrogen-bond donors (Lipinski definition) is 1. The van der Waals surface area contributed by atoms with Crippen molar-refractivity contribution in [2.45, 2.75) is 30.3 Å². The maximum absolute atomic E-state index is 14.9. The number of fused-ring (bicyclic) bond motifs is 5. The third kappa shape index (κ3) is 2.99. The number of carbonyl (C=O) groups is 2. The molecule has 3 unspecified atom stereocenters. The summed E-state index contributed by atoms with van der Waals surface area (Å²) in [5.74, 6) is -1.46. The molecule has 38 heavy (non-hydrogen) atoms. The number of benzene rings is 4. The third-order valence-electron chi connectivity index (χ3n) is 8.71. The predicted molar refractivity (Wildman–Crippen MR) is 144 cm³/mol. The van der Waals surface area contributed by atoms with Crippen LogP contribution in [0.25, 0.3) is 10.8 Å². The van der Waals surface area contributed by atoms with Gasteiger partial charge in [-0.25, -0.2) is 0 Å². The van der Waals surface area contributed by atoms with Gasteiger partial charge in [-0.15, -0.1) is 0 Å². The summed E-state index contributed by atoms with van der Waals surface area (Å²) in [4.78, 5) is 42.5. The maximum atomic E-state index is 14.9. The Morgan fingerprint density at radius 2 is 1.74 bits per heavy atom. The molecule has 4 aromatic carbocycles. The molecular formula is C31H25N3O4. The fraction of sp³-hybridized carbons (Fsp3) is 0.226. The van der Waals surface area contributed by atoms with Crippen molar-refractivity contribution in [1.29, 1.82) is 0 Å². The first-order chi connectivity index (χ1) is 18.5. The van der Waals surface area contributed by atoms with Crippen LogP contribution in [0.15, 0.2) is 91.0 Å². The minimum absolute atomic E-state index is 0.0133. The van der Waals surface area contributed by atoms with Crippen molar-refractivity contribution in [2.75, 3.05) is 11.9 Å². The van der Waals surface area contributed by atoms with E-state index in [4.69, 9.17) is 0 Å². The van der Waals surface area contributed by atoms with Gasteiger partial charge in [-0.05, 0) is 41.8 Å². The van der Waals surface area contributed by atoms with E-state index in [-0.39, 0.29) is 29.3 Å². The Labute approximate surface area is 219 Å². The van der Waals surface area contributed by atoms with Crippen molar-refractivity contribution >= 4 is 33.8 Å². The summed E-state index contributed by atoms with van der Waals surface area (Å²) in [6, 6.07) is 27.6. The minimum atomic E-state index is -1.19. The zero-order valence-electron chi connectivity index (χ0n) is 20.5. The summed E-state index contributed by atoms with van der Waals surface area (Å²) < 4.78 is 0. The molecule has 0 aromatic heterocycles. The van der Waals surface area contributed by atoms with E-state index >= 15 is 0 Å². The number of nitro groups is 1. The lowest BCUT2D eigenvalue weighted by molar-refractivity contribution is -0.384. The Hall–Kier alpha value is -4.36. The van der Waals surface area contributed by atoms with Crippen LogP contribution in [0.5, 0.6) is 0 Å². The van der Waals surface area contributed by atoms with Gasteiger partial charge in [0.1, 0.15) is 5.54 Å². The smallest absolute Gasteiger partial charge is 0.269 e. The molecule has 7 nitrogen and oxygen atoms in total. The van der Waals surface area contributed by atoms with Gasteiger partial charge in [-0.2, -0.15) is 0 Å². The number of ketones is 1. The number of rotatable bonds is 4. The molecule has 188 valence electrons. The van der Waals surface area contributed by atoms with E-state index in [1.807, 2.05) is 72.8 Å². The fourth-order valence-corrected chi connectivity index (χ4v) is 7.34. The van der Waals surface area contributed by atoms with E-state index < -0.39 is 16.4 Å². The Morgan fingerprint density at radius 1 is 0.974 bits per heavy atom. The molecule has 7 heteroatoms. The molecule has 2 saturated heterocycles. The van der Waals surface area contributed by atoms with Gasteiger partial charge in [0.05, 0.1) is 10.8 Å². The second-order valence-electron chi connectivity index (χ2n) is 10.4. The molecule has 0 aliphatic carbocycles. The topological polar surface area (TPSA) is 92.5 Å². The molecule has 4 atom stereocenters. The number of amides is 1. The van der Waals surface area contributed by atoms with Crippen LogP contribution in [-0.2, 0) is 10.3 Å². The lowest BCUT2D eigenvalue weighted by Crippen LogP contribution is -2.52. The minimum Gasteiger partial charge on any atom is -0.324 e. The van der Waals surface area contributed by atoms with E-state index in [9.17, 15) is 19.7 Å². The summed E-state index contributed by atoms with van der Waals surface area (Å²) in [5, 5.41) is 16.6. The number of nitro benzene ring substituents is 1. The molecule has 4 aromatic rings. The number of non-ortho nitro benzene ring substituents is 1. The van der Waals surface area contributed by atoms with Gasteiger partial charge in [0.2, 0.25) is 5.91 Å². The number of carbonyl (C=O) groups excluding carboxylic acids is 2. The van der Waals surface area contributed by atoms with Crippen molar-refractivity contribution in [2.24, 2.45) is 5.92 Å². The molecule has 0 saturated carbocycles. The summed E-state index contributed by atoms with van der Waals surface area (Å²) in [7, 11) is 0. The van der Waals surface area contributed by atoms with Crippen LogP contribution in [0.4, 0.5) is 11.4 Å².